The number of hydrogen-bond acceptors (Lipinski definition) is 3. The third kappa shape index (κ3) is 5.44. The molecule has 11 aromatic rings. The Labute approximate surface area is 342 Å². The van der Waals surface area contributed by atoms with Crippen molar-refractivity contribution in [3.05, 3.63) is 218 Å². The van der Waals surface area contributed by atoms with E-state index >= 15 is 0 Å². The van der Waals surface area contributed by atoms with Gasteiger partial charge in [0.05, 0.1) is 39.4 Å². The van der Waals surface area contributed by atoms with E-state index in [-0.39, 0.29) is 0 Å². The number of aromatic nitrogens is 4. The predicted octanol–water partition coefficient (Wildman–Crippen LogP) is 9.59. The van der Waals surface area contributed by atoms with Crippen LogP contribution in [0.1, 0.15) is 5.56 Å². The Morgan fingerprint density at radius 2 is 0.864 bits per heavy atom. The summed E-state index contributed by atoms with van der Waals surface area (Å²) < 4.78 is 4.41. The van der Waals surface area contributed by atoms with E-state index in [1.165, 1.54) is 20.7 Å². The highest BCUT2D eigenvalue weighted by Crippen LogP contribution is 2.35. The Morgan fingerprint density at radius 1 is 0.390 bits per heavy atom. The largest absolute Gasteiger partial charge is 0.294 e. The highest BCUT2D eigenvalue weighted by molar-refractivity contribution is 7.19. The first-order valence-electron chi connectivity index (χ1n) is 19.8. The molecule has 11 rings (SSSR count). The van der Waals surface area contributed by atoms with Crippen molar-refractivity contribution in [2.75, 3.05) is 0 Å². The van der Waals surface area contributed by atoms with Gasteiger partial charge in [0.1, 0.15) is 5.82 Å². The van der Waals surface area contributed by atoms with Crippen molar-refractivity contribution >= 4 is 72.4 Å². The molecular formula is C53H35N5Si. The zero-order valence-electron chi connectivity index (χ0n) is 31.9. The maximum absolute atomic E-state index is 9.89. The lowest BCUT2D eigenvalue weighted by Gasteiger charge is -2.34. The number of nitrogens with zero attached hydrogens (tertiary/aromatic N) is 5. The molecule has 5 nitrogen and oxygen atoms in total. The van der Waals surface area contributed by atoms with Crippen LogP contribution in [-0.4, -0.2) is 27.2 Å². The average molecular weight is 770 g/mol. The number of fused-ring (bicyclic) bond motifs is 6. The van der Waals surface area contributed by atoms with Gasteiger partial charge in [0.2, 0.25) is 5.95 Å². The molecular weight excluding hydrogens is 735 g/mol. The van der Waals surface area contributed by atoms with Gasteiger partial charge >= 0.3 is 0 Å². The lowest BCUT2D eigenvalue weighted by Crippen LogP contribution is -2.74. The molecule has 0 spiro atoms. The third-order valence-corrected chi connectivity index (χ3v) is 16.5. The van der Waals surface area contributed by atoms with Crippen LogP contribution in [0.4, 0.5) is 0 Å². The monoisotopic (exact) mass is 769 g/mol. The molecule has 8 aromatic carbocycles. The minimum absolute atomic E-state index is 0.581. The minimum Gasteiger partial charge on any atom is -0.294 e. The van der Waals surface area contributed by atoms with Gasteiger partial charge in [-0.15, -0.1) is 0 Å². The van der Waals surface area contributed by atoms with Crippen LogP contribution in [0.2, 0.25) is 0 Å². The summed E-state index contributed by atoms with van der Waals surface area (Å²) in [5, 5.41) is 19.4. The maximum Gasteiger partial charge on any atom is 0.237 e. The normalized spacial score (nSPS) is 11.7. The molecule has 3 aromatic heterocycles. The Bertz CT molecular complexity index is 3250. The second kappa shape index (κ2) is 14.0. The van der Waals surface area contributed by atoms with Crippen molar-refractivity contribution in [2.45, 2.75) is 0 Å². The van der Waals surface area contributed by atoms with E-state index in [0.717, 1.165) is 60.7 Å². The Morgan fingerprint density at radius 3 is 1.42 bits per heavy atom. The van der Waals surface area contributed by atoms with Gasteiger partial charge in [0.15, 0.2) is 8.07 Å². The lowest BCUT2D eigenvalue weighted by molar-refractivity contribution is 0.952. The summed E-state index contributed by atoms with van der Waals surface area (Å²) in [5.74, 6) is 1.32. The van der Waals surface area contributed by atoms with Gasteiger partial charge < -0.3 is 0 Å². The molecule has 0 atom stereocenters. The molecule has 0 aliphatic heterocycles. The maximum atomic E-state index is 9.89. The van der Waals surface area contributed by atoms with E-state index in [1.54, 1.807) is 0 Å². The van der Waals surface area contributed by atoms with Gasteiger partial charge in [-0.3, -0.25) is 9.13 Å². The SMILES string of the molecule is N#Cc1ccc2c(c1)c1ccccc1n2-c1cc(-c2cccc([Si](c3ccccc3)(c3ccccc3)c3ccccc3)c2)nc(-n2c3ccccc3c3ccccc32)n1. The molecule has 0 aliphatic carbocycles. The zero-order chi connectivity index (χ0) is 39.3. The van der Waals surface area contributed by atoms with Gasteiger partial charge in [0, 0.05) is 33.2 Å². The van der Waals surface area contributed by atoms with Crippen molar-refractivity contribution in [2.24, 2.45) is 0 Å². The molecule has 0 radical (unpaired) electrons. The van der Waals surface area contributed by atoms with Gasteiger partial charge in [-0.25, -0.2) is 4.98 Å². The fraction of sp³-hybridized carbons (Fsp3) is 0. The van der Waals surface area contributed by atoms with Gasteiger partial charge in [0.25, 0.3) is 0 Å². The summed E-state index contributed by atoms with van der Waals surface area (Å²) in [6.07, 6.45) is 0. The molecule has 0 amide bonds. The van der Waals surface area contributed by atoms with Crippen LogP contribution in [0.15, 0.2) is 212 Å². The first-order chi connectivity index (χ1) is 29.2. The molecule has 0 saturated heterocycles. The Balaban J connectivity index is 1.23. The average Bonchev–Trinajstić information content (AvgIpc) is 3.83. The molecule has 0 N–H and O–H groups in total. The van der Waals surface area contributed by atoms with Crippen LogP contribution in [0.5, 0.6) is 0 Å². The Hall–Kier alpha value is -7.85. The molecule has 0 fully saturated rings. The van der Waals surface area contributed by atoms with Crippen molar-refractivity contribution in [3.8, 4) is 29.1 Å². The van der Waals surface area contributed by atoms with Crippen LogP contribution in [-0.2, 0) is 0 Å². The molecule has 3 heterocycles. The van der Waals surface area contributed by atoms with Gasteiger partial charge in [-0.05, 0) is 57.1 Å². The number of para-hydroxylation sites is 3. The lowest BCUT2D eigenvalue weighted by atomic mass is 10.1. The summed E-state index contributed by atoms with van der Waals surface area (Å²) in [4.78, 5) is 11.0. The van der Waals surface area contributed by atoms with Crippen molar-refractivity contribution in [3.63, 3.8) is 0 Å². The molecule has 0 unspecified atom stereocenters. The minimum atomic E-state index is -2.83. The summed E-state index contributed by atoms with van der Waals surface area (Å²) in [5.41, 5.74) is 6.48. The molecule has 6 heteroatoms. The molecule has 0 bridgehead atoms. The summed E-state index contributed by atoms with van der Waals surface area (Å²) in [6.45, 7) is 0. The highest BCUT2D eigenvalue weighted by atomic mass is 28.3. The van der Waals surface area contributed by atoms with Crippen LogP contribution in [0.3, 0.4) is 0 Å². The second-order valence-corrected chi connectivity index (χ2v) is 18.7. The summed E-state index contributed by atoms with van der Waals surface area (Å²) in [7, 11) is -2.83. The van der Waals surface area contributed by atoms with E-state index in [0.29, 0.717) is 11.5 Å². The fourth-order valence-corrected chi connectivity index (χ4v) is 14.0. The number of rotatable bonds is 7. The number of benzene rings is 8. The van der Waals surface area contributed by atoms with Crippen LogP contribution in [0, 0.1) is 11.3 Å². The summed E-state index contributed by atoms with van der Waals surface area (Å²) in [6, 6.07) is 77.7. The van der Waals surface area contributed by atoms with Crippen LogP contribution >= 0.6 is 0 Å². The van der Waals surface area contributed by atoms with Gasteiger partial charge in [-0.1, -0.05) is 170 Å². The summed E-state index contributed by atoms with van der Waals surface area (Å²) >= 11 is 0. The standard InChI is InChI=1S/C53H35N5Si/c54-36-37-31-32-51-46(33-37)45-27-12-13-28-48(45)57(51)52-35-47(55-53(56-52)58-49-29-14-10-25-43(49)44-26-11-15-30-50(44)58)38-17-16-24-42(34-38)59(39-18-4-1-5-19-39,40-20-6-2-7-21-40)41-22-8-3-9-23-41/h1-35H. The van der Waals surface area contributed by atoms with E-state index in [2.05, 4.69) is 203 Å². The van der Waals surface area contributed by atoms with Crippen molar-refractivity contribution < 1.29 is 0 Å². The number of nitriles is 1. The topological polar surface area (TPSA) is 59.4 Å². The molecule has 59 heavy (non-hydrogen) atoms. The third-order valence-electron chi connectivity index (χ3n) is 11.7. The molecule has 0 aliphatic rings. The second-order valence-electron chi connectivity index (χ2n) is 14.9. The van der Waals surface area contributed by atoms with E-state index < -0.39 is 8.07 Å². The van der Waals surface area contributed by atoms with Crippen molar-refractivity contribution in [1.29, 1.82) is 5.26 Å². The van der Waals surface area contributed by atoms with Crippen molar-refractivity contribution in [1.82, 2.24) is 19.1 Å². The Kier molecular flexibility index (Phi) is 8.14. The first-order valence-corrected chi connectivity index (χ1v) is 21.8. The van der Waals surface area contributed by atoms with Crippen LogP contribution < -0.4 is 20.7 Å². The smallest absolute Gasteiger partial charge is 0.237 e. The van der Waals surface area contributed by atoms with Gasteiger partial charge in [-0.2, -0.15) is 10.2 Å². The fourth-order valence-electron chi connectivity index (χ4n) is 9.19. The molecule has 276 valence electrons. The first kappa shape index (κ1) is 34.4. The number of hydrogen-bond donors (Lipinski definition) is 0. The molecule has 0 saturated carbocycles. The van der Waals surface area contributed by atoms with E-state index in [4.69, 9.17) is 9.97 Å². The van der Waals surface area contributed by atoms with Crippen LogP contribution in [0.25, 0.3) is 66.6 Å². The quantitative estimate of drug-likeness (QED) is 0.120. The van der Waals surface area contributed by atoms with E-state index in [9.17, 15) is 5.26 Å². The predicted molar refractivity (Wildman–Crippen MR) is 244 cm³/mol. The zero-order valence-corrected chi connectivity index (χ0v) is 32.9. The van der Waals surface area contributed by atoms with E-state index in [1.807, 2.05) is 24.3 Å². The highest BCUT2D eigenvalue weighted by Gasteiger charge is 2.41.